The third-order valence-corrected chi connectivity index (χ3v) is 7.02. The number of rotatable bonds is 7. The molecular weight excluding hydrogens is 468 g/mol. The fraction of sp³-hybridized carbons (Fsp3) is 0.138. The van der Waals surface area contributed by atoms with Gasteiger partial charge in [0.05, 0.1) is 11.3 Å². The van der Waals surface area contributed by atoms with Crippen molar-refractivity contribution in [1.82, 2.24) is 14.8 Å². The summed E-state index contributed by atoms with van der Waals surface area (Å²) in [5.74, 6) is 0.701. The molecule has 0 aliphatic heterocycles. The Morgan fingerprint density at radius 3 is 2.42 bits per heavy atom. The predicted molar refractivity (Wildman–Crippen MR) is 146 cm³/mol. The Hall–Kier alpha value is -4.10. The molecule has 0 fully saturated rings. The molecule has 180 valence electrons. The lowest BCUT2D eigenvalue weighted by molar-refractivity contribution is -0.113. The molecule has 1 aromatic heterocycles. The van der Waals surface area contributed by atoms with Gasteiger partial charge >= 0.3 is 0 Å². The summed E-state index contributed by atoms with van der Waals surface area (Å²) in [5.41, 5.74) is 4.44. The van der Waals surface area contributed by atoms with Crippen LogP contribution in [0.2, 0.25) is 0 Å². The van der Waals surface area contributed by atoms with E-state index in [1.807, 2.05) is 90.4 Å². The van der Waals surface area contributed by atoms with Crippen LogP contribution in [0.5, 0.6) is 5.75 Å². The van der Waals surface area contributed by atoms with Gasteiger partial charge in [0.25, 0.3) is 0 Å². The van der Waals surface area contributed by atoms with Gasteiger partial charge < -0.3 is 10.4 Å². The van der Waals surface area contributed by atoms with Crippen molar-refractivity contribution in [3.05, 3.63) is 96.1 Å². The third-order valence-electron chi connectivity index (χ3n) is 6.09. The van der Waals surface area contributed by atoms with Crippen molar-refractivity contribution in [2.75, 3.05) is 11.1 Å². The summed E-state index contributed by atoms with van der Waals surface area (Å²) in [5, 5.41) is 25.3. The standard InChI is InChI=1S/C29H26N4O2S/c1-3-20-13-9-10-19(2)27(20)30-26(35)18-36-29-32-31-28(33(29)23-14-5-4-6-15-23)24-16-21-11-7-8-12-22(21)17-25(24)34/h4-17,34H,3,18H2,1-2H3,(H,30,35). The molecular formula is C29H26N4O2S. The first-order valence-electron chi connectivity index (χ1n) is 11.8. The number of fused-ring (bicyclic) bond motifs is 1. The second-order valence-corrected chi connectivity index (χ2v) is 9.44. The quantitative estimate of drug-likeness (QED) is 0.256. The van der Waals surface area contributed by atoms with E-state index in [2.05, 4.69) is 22.4 Å². The summed E-state index contributed by atoms with van der Waals surface area (Å²) in [6.45, 7) is 4.07. The Bertz CT molecular complexity index is 1550. The number of phenolic OH excluding ortho intramolecular Hbond substituents is 1. The van der Waals surface area contributed by atoms with Crippen molar-refractivity contribution in [1.29, 1.82) is 0 Å². The zero-order valence-corrected chi connectivity index (χ0v) is 20.9. The number of amides is 1. The number of hydrogen-bond acceptors (Lipinski definition) is 5. The van der Waals surface area contributed by atoms with Crippen LogP contribution in [0, 0.1) is 6.92 Å². The molecule has 2 N–H and O–H groups in total. The van der Waals surface area contributed by atoms with Crippen LogP contribution in [0.15, 0.2) is 90.1 Å². The topological polar surface area (TPSA) is 80.0 Å². The number of para-hydroxylation sites is 2. The Morgan fingerprint density at radius 1 is 0.944 bits per heavy atom. The summed E-state index contributed by atoms with van der Waals surface area (Å²) < 4.78 is 1.88. The number of thioether (sulfide) groups is 1. The van der Waals surface area contributed by atoms with Gasteiger partial charge in [0, 0.05) is 11.4 Å². The third kappa shape index (κ3) is 4.70. The number of anilines is 1. The lowest BCUT2D eigenvalue weighted by Gasteiger charge is -2.14. The minimum atomic E-state index is -0.110. The average molecular weight is 495 g/mol. The van der Waals surface area contributed by atoms with E-state index in [-0.39, 0.29) is 17.4 Å². The average Bonchev–Trinajstić information content (AvgIpc) is 3.32. The maximum Gasteiger partial charge on any atom is 0.234 e. The molecule has 1 amide bonds. The van der Waals surface area contributed by atoms with Gasteiger partial charge in [-0.25, -0.2) is 0 Å². The number of hydrogen-bond donors (Lipinski definition) is 2. The van der Waals surface area contributed by atoms with Gasteiger partial charge in [-0.1, -0.05) is 79.3 Å². The van der Waals surface area contributed by atoms with Crippen LogP contribution in [0.4, 0.5) is 5.69 Å². The van der Waals surface area contributed by atoms with E-state index < -0.39 is 0 Å². The first-order chi connectivity index (χ1) is 17.5. The van der Waals surface area contributed by atoms with Gasteiger partial charge in [0.1, 0.15) is 5.75 Å². The Balaban J connectivity index is 1.48. The van der Waals surface area contributed by atoms with Gasteiger partial charge in [-0.05, 0) is 59.5 Å². The van der Waals surface area contributed by atoms with Crippen molar-refractivity contribution in [2.24, 2.45) is 0 Å². The largest absolute Gasteiger partial charge is 0.507 e. The molecule has 0 saturated heterocycles. The van der Waals surface area contributed by atoms with Crippen LogP contribution in [-0.2, 0) is 11.2 Å². The predicted octanol–water partition coefficient (Wildman–Crippen LogP) is 6.39. The summed E-state index contributed by atoms with van der Waals surface area (Å²) in [7, 11) is 0. The SMILES string of the molecule is CCc1cccc(C)c1NC(=O)CSc1nnc(-c2cc3ccccc3cc2O)n1-c1ccccc1. The van der Waals surface area contributed by atoms with Crippen molar-refractivity contribution in [2.45, 2.75) is 25.4 Å². The number of aromatic nitrogens is 3. The second kappa shape index (κ2) is 10.3. The molecule has 0 saturated carbocycles. The fourth-order valence-electron chi connectivity index (χ4n) is 4.26. The van der Waals surface area contributed by atoms with E-state index in [9.17, 15) is 9.90 Å². The molecule has 0 bridgehead atoms. The van der Waals surface area contributed by atoms with Crippen LogP contribution in [0.25, 0.3) is 27.8 Å². The highest BCUT2D eigenvalue weighted by Gasteiger charge is 2.20. The van der Waals surface area contributed by atoms with Crippen LogP contribution >= 0.6 is 11.8 Å². The number of benzene rings is 4. The minimum Gasteiger partial charge on any atom is -0.507 e. The molecule has 4 aromatic carbocycles. The van der Waals surface area contributed by atoms with E-state index in [1.165, 1.54) is 11.8 Å². The summed E-state index contributed by atoms with van der Waals surface area (Å²) in [6, 6.07) is 27.3. The molecule has 7 heteroatoms. The fourth-order valence-corrected chi connectivity index (χ4v) is 5.01. The van der Waals surface area contributed by atoms with E-state index in [0.717, 1.165) is 39.7 Å². The molecule has 0 atom stereocenters. The summed E-state index contributed by atoms with van der Waals surface area (Å²) >= 11 is 1.31. The zero-order valence-electron chi connectivity index (χ0n) is 20.1. The number of nitrogens with one attached hydrogen (secondary N) is 1. The van der Waals surface area contributed by atoms with Crippen LogP contribution in [0.3, 0.4) is 0 Å². The van der Waals surface area contributed by atoms with Crippen molar-refractivity contribution >= 4 is 34.1 Å². The number of carbonyl (C=O) groups is 1. The minimum absolute atomic E-state index is 0.110. The van der Waals surface area contributed by atoms with Gasteiger partial charge in [-0.15, -0.1) is 10.2 Å². The molecule has 0 aliphatic rings. The maximum absolute atomic E-state index is 12.9. The zero-order chi connectivity index (χ0) is 25.1. The first kappa shape index (κ1) is 23.6. The number of aromatic hydroxyl groups is 1. The maximum atomic E-state index is 12.9. The monoisotopic (exact) mass is 494 g/mol. The van der Waals surface area contributed by atoms with E-state index in [1.54, 1.807) is 6.07 Å². The highest BCUT2D eigenvalue weighted by atomic mass is 32.2. The number of nitrogens with zero attached hydrogens (tertiary/aromatic N) is 3. The molecule has 0 spiro atoms. The molecule has 0 radical (unpaired) electrons. The lowest BCUT2D eigenvalue weighted by Crippen LogP contribution is -2.16. The van der Waals surface area contributed by atoms with Gasteiger partial charge in [-0.3, -0.25) is 9.36 Å². The van der Waals surface area contributed by atoms with Crippen LogP contribution in [0.1, 0.15) is 18.1 Å². The molecule has 36 heavy (non-hydrogen) atoms. The Morgan fingerprint density at radius 2 is 1.67 bits per heavy atom. The number of aryl methyl sites for hydroxylation is 2. The molecule has 1 heterocycles. The Kier molecular flexibility index (Phi) is 6.73. The highest BCUT2D eigenvalue weighted by molar-refractivity contribution is 7.99. The van der Waals surface area contributed by atoms with E-state index >= 15 is 0 Å². The molecule has 6 nitrogen and oxygen atoms in total. The molecule has 0 unspecified atom stereocenters. The van der Waals surface area contributed by atoms with Crippen molar-refractivity contribution in [3.63, 3.8) is 0 Å². The van der Waals surface area contributed by atoms with Crippen molar-refractivity contribution < 1.29 is 9.90 Å². The first-order valence-corrected chi connectivity index (χ1v) is 12.8. The summed E-state index contributed by atoms with van der Waals surface area (Å²) in [6.07, 6.45) is 0.839. The van der Waals surface area contributed by atoms with E-state index in [4.69, 9.17) is 0 Å². The van der Waals surface area contributed by atoms with Gasteiger partial charge in [-0.2, -0.15) is 0 Å². The smallest absolute Gasteiger partial charge is 0.234 e. The number of phenols is 1. The lowest BCUT2D eigenvalue weighted by atomic mass is 10.1. The van der Waals surface area contributed by atoms with E-state index in [0.29, 0.717) is 16.5 Å². The normalized spacial score (nSPS) is 11.1. The Labute approximate surface area is 214 Å². The van der Waals surface area contributed by atoms with Crippen LogP contribution < -0.4 is 5.32 Å². The molecule has 5 rings (SSSR count). The summed E-state index contributed by atoms with van der Waals surface area (Å²) in [4.78, 5) is 12.9. The van der Waals surface area contributed by atoms with Crippen LogP contribution in [-0.4, -0.2) is 31.5 Å². The van der Waals surface area contributed by atoms with Gasteiger partial charge in [0.2, 0.25) is 5.91 Å². The molecule has 5 aromatic rings. The number of carbonyl (C=O) groups excluding carboxylic acids is 1. The second-order valence-electron chi connectivity index (χ2n) is 8.49. The van der Waals surface area contributed by atoms with Crippen molar-refractivity contribution in [3.8, 4) is 22.8 Å². The van der Waals surface area contributed by atoms with Gasteiger partial charge in [0.15, 0.2) is 11.0 Å². The molecule has 0 aliphatic carbocycles. The highest BCUT2D eigenvalue weighted by Crippen LogP contribution is 2.35.